The molecule has 0 amide bonds. The number of anilines is 1. The van der Waals surface area contributed by atoms with Gasteiger partial charge in [-0.3, -0.25) is 10.1 Å². The second-order valence-corrected chi connectivity index (χ2v) is 5.21. The standard InChI is InChI=1S/C10H11ClN2O2S/c11-7-1-2-9(10(5-7)13(14)15)12-8-3-4-16-6-8/h1-2,5,8,12H,3-4,6H2. The third kappa shape index (κ3) is 2.59. The first kappa shape index (κ1) is 11.5. The molecule has 1 heterocycles. The van der Waals surface area contributed by atoms with Crippen molar-refractivity contribution in [1.82, 2.24) is 0 Å². The largest absolute Gasteiger partial charge is 0.376 e. The van der Waals surface area contributed by atoms with Crippen LogP contribution in [0.15, 0.2) is 18.2 Å². The Morgan fingerprint density at radius 1 is 1.56 bits per heavy atom. The van der Waals surface area contributed by atoms with Crippen molar-refractivity contribution in [2.75, 3.05) is 16.8 Å². The highest BCUT2D eigenvalue weighted by molar-refractivity contribution is 7.99. The zero-order chi connectivity index (χ0) is 11.5. The van der Waals surface area contributed by atoms with E-state index in [0.717, 1.165) is 17.9 Å². The maximum absolute atomic E-state index is 10.8. The van der Waals surface area contributed by atoms with Gasteiger partial charge in [0, 0.05) is 22.9 Å². The van der Waals surface area contributed by atoms with Crippen molar-refractivity contribution in [3.63, 3.8) is 0 Å². The molecule has 1 atom stereocenters. The Kier molecular flexibility index (Phi) is 3.56. The maximum Gasteiger partial charge on any atom is 0.293 e. The molecule has 1 unspecified atom stereocenters. The van der Waals surface area contributed by atoms with Crippen LogP contribution in [0.1, 0.15) is 6.42 Å². The number of hydrogen-bond acceptors (Lipinski definition) is 4. The van der Waals surface area contributed by atoms with E-state index in [2.05, 4.69) is 5.32 Å². The first-order valence-electron chi connectivity index (χ1n) is 4.95. The lowest BCUT2D eigenvalue weighted by Gasteiger charge is -2.12. The van der Waals surface area contributed by atoms with E-state index in [4.69, 9.17) is 11.6 Å². The summed E-state index contributed by atoms with van der Waals surface area (Å²) in [5.74, 6) is 2.11. The molecule has 1 saturated heterocycles. The SMILES string of the molecule is O=[N+]([O-])c1cc(Cl)ccc1NC1CCSC1. The van der Waals surface area contributed by atoms with Gasteiger partial charge in [-0.05, 0) is 24.3 Å². The van der Waals surface area contributed by atoms with Crippen LogP contribution in [-0.4, -0.2) is 22.5 Å². The molecular weight excluding hydrogens is 248 g/mol. The molecule has 1 aromatic carbocycles. The predicted octanol–water partition coefficient (Wildman–Crippen LogP) is 3.17. The van der Waals surface area contributed by atoms with Crippen LogP contribution in [-0.2, 0) is 0 Å². The van der Waals surface area contributed by atoms with Crippen molar-refractivity contribution >= 4 is 34.7 Å². The van der Waals surface area contributed by atoms with Gasteiger partial charge in [-0.25, -0.2) is 0 Å². The van der Waals surface area contributed by atoms with Crippen molar-refractivity contribution in [3.8, 4) is 0 Å². The lowest BCUT2D eigenvalue weighted by Crippen LogP contribution is -2.18. The summed E-state index contributed by atoms with van der Waals surface area (Å²) >= 11 is 7.60. The van der Waals surface area contributed by atoms with Crippen LogP contribution >= 0.6 is 23.4 Å². The minimum absolute atomic E-state index is 0.0457. The van der Waals surface area contributed by atoms with E-state index in [-0.39, 0.29) is 5.69 Å². The zero-order valence-corrected chi connectivity index (χ0v) is 10.1. The Balaban J connectivity index is 2.21. The fraction of sp³-hybridized carbons (Fsp3) is 0.400. The van der Waals surface area contributed by atoms with Gasteiger partial charge in [0.25, 0.3) is 5.69 Å². The van der Waals surface area contributed by atoms with E-state index < -0.39 is 4.92 Å². The van der Waals surface area contributed by atoms with Gasteiger partial charge in [0.05, 0.1) is 4.92 Å². The summed E-state index contributed by atoms with van der Waals surface area (Å²) in [6, 6.07) is 5.04. The van der Waals surface area contributed by atoms with Gasteiger partial charge in [0.1, 0.15) is 5.69 Å². The number of thioether (sulfide) groups is 1. The third-order valence-corrected chi connectivity index (χ3v) is 3.84. The number of nitro benzene ring substituents is 1. The van der Waals surface area contributed by atoms with Gasteiger partial charge in [-0.2, -0.15) is 11.8 Å². The summed E-state index contributed by atoms with van der Waals surface area (Å²) in [5.41, 5.74) is 0.603. The minimum Gasteiger partial charge on any atom is -0.376 e. The van der Waals surface area contributed by atoms with E-state index in [1.165, 1.54) is 6.07 Å². The van der Waals surface area contributed by atoms with Crippen molar-refractivity contribution in [3.05, 3.63) is 33.3 Å². The molecule has 0 aliphatic carbocycles. The predicted molar refractivity (Wildman–Crippen MR) is 67.5 cm³/mol. The molecule has 0 aromatic heterocycles. The number of rotatable bonds is 3. The van der Waals surface area contributed by atoms with Crippen LogP contribution in [0.3, 0.4) is 0 Å². The molecule has 0 bridgehead atoms. The molecule has 1 aliphatic rings. The normalized spacial score (nSPS) is 19.7. The van der Waals surface area contributed by atoms with E-state index in [0.29, 0.717) is 16.8 Å². The van der Waals surface area contributed by atoms with Crippen molar-refractivity contribution < 1.29 is 4.92 Å². The lowest BCUT2D eigenvalue weighted by atomic mass is 10.2. The van der Waals surface area contributed by atoms with Gasteiger partial charge in [-0.1, -0.05) is 11.6 Å². The number of halogens is 1. The van der Waals surface area contributed by atoms with Crippen LogP contribution in [0, 0.1) is 10.1 Å². The lowest BCUT2D eigenvalue weighted by molar-refractivity contribution is -0.384. The molecule has 4 nitrogen and oxygen atoms in total. The Labute approximate surface area is 103 Å². The van der Waals surface area contributed by atoms with Gasteiger partial charge >= 0.3 is 0 Å². The summed E-state index contributed by atoms with van der Waals surface area (Å²) in [6.07, 6.45) is 1.05. The van der Waals surface area contributed by atoms with Crippen LogP contribution in [0.25, 0.3) is 0 Å². The van der Waals surface area contributed by atoms with Crippen molar-refractivity contribution in [2.24, 2.45) is 0 Å². The zero-order valence-electron chi connectivity index (χ0n) is 8.48. The van der Waals surface area contributed by atoms with Crippen LogP contribution < -0.4 is 5.32 Å². The first-order valence-corrected chi connectivity index (χ1v) is 6.48. The third-order valence-electron chi connectivity index (χ3n) is 2.45. The Bertz CT molecular complexity index is 408. The van der Waals surface area contributed by atoms with Gasteiger partial charge in [0.2, 0.25) is 0 Å². The number of benzene rings is 1. The molecule has 1 aromatic rings. The Hall–Kier alpha value is -0.940. The molecule has 2 rings (SSSR count). The highest BCUT2D eigenvalue weighted by atomic mass is 35.5. The van der Waals surface area contributed by atoms with E-state index >= 15 is 0 Å². The fourth-order valence-electron chi connectivity index (χ4n) is 1.65. The number of nitro groups is 1. The van der Waals surface area contributed by atoms with E-state index in [1.54, 1.807) is 12.1 Å². The van der Waals surface area contributed by atoms with Gasteiger partial charge in [0.15, 0.2) is 0 Å². The molecule has 1 N–H and O–H groups in total. The average Bonchev–Trinajstić information content (AvgIpc) is 2.73. The number of nitrogens with zero attached hydrogens (tertiary/aromatic N) is 1. The summed E-state index contributed by atoms with van der Waals surface area (Å²) in [6.45, 7) is 0. The second-order valence-electron chi connectivity index (χ2n) is 3.62. The van der Waals surface area contributed by atoms with Crippen LogP contribution in [0.2, 0.25) is 5.02 Å². The number of hydrogen-bond donors (Lipinski definition) is 1. The summed E-state index contributed by atoms with van der Waals surface area (Å²) in [4.78, 5) is 10.4. The summed E-state index contributed by atoms with van der Waals surface area (Å²) in [7, 11) is 0. The maximum atomic E-state index is 10.8. The van der Waals surface area contributed by atoms with E-state index in [9.17, 15) is 10.1 Å². The van der Waals surface area contributed by atoms with Gasteiger partial charge < -0.3 is 5.32 Å². The monoisotopic (exact) mass is 258 g/mol. The molecule has 86 valence electrons. The van der Waals surface area contributed by atoms with Crippen molar-refractivity contribution in [2.45, 2.75) is 12.5 Å². The highest BCUT2D eigenvalue weighted by Crippen LogP contribution is 2.30. The molecular formula is C10H11ClN2O2S. The summed E-state index contributed by atoms with van der Waals surface area (Å²) < 4.78 is 0. The molecule has 6 heteroatoms. The topological polar surface area (TPSA) is 55.2 Å². The summed E-state index contributed by atoms with van der Waals surface area (Å²) in [5, 5.41) is 14.4. The van der Waals surface area contributed by atoms with Crippen LogP contribution in [0.5, 0.6) is 0 Å². The van der Waals surface area contributed by atoms with Crippen LogP contribution in [0.4, 0.5) is 11.4 Å². The number of nitrogens with one attached hydrogen (secondary N) is 1. The molecule has 0 radical (unpaired) electrons. The quantitative estimate of drug-likeness (QED) is 0.668. The second kappa shape index (κ2) is 4.93. The molecule has 16 heavy (non-hydrogen) atoms. The van der Waals surface area contributed by atoms with Gasteiger partial charge in [-0.15, -0.1) is 0 Å². The first-order chi connectivity index (χ1) is 7.66. The molecule has 1 aliphatic heterocycles. The molecule has 0 spiro atoms. The highest BCUT2D eigenvalue weighted by Gasteiger charge is 2.20. The molecule has 1 fully saturated rings. The van der Waals surface area contributed by atoms with E-state index in [1.807, 2.05) is 11.8 Å². The smallest absolute Gasteiger partial charge is 0.293 e. The fourth-order valence-corrected chi connectivity index (χ4v) is 2.96. The Morgan fingerprint density at radius 2 is 2.38 bits per heavy atom. The van der Waals surface area contributed by atoms with Crippen molar-refractivity contribution in [1.29, 1.82) is 0 Å². The average molecular weight is 259 g/mol. The molecule has 0 saturated carbocycles. The Morgan fingerprint density at radius 3 is 3.00 bits per heavy atom. The minimum atomic E-state index is -0.406.